The lowest BCUT2D eigenvalue weighted by Gasteiger charge is -2.08. The molecule has 0 aromatic heterocycles. The van der Waals surface area contributed by atoms with Gasteiger partial charge in [-0.25, -0.2) is 0 Å². The number of rotatable bonds is 5. The van der Waals surface area contributed by atoms with Gasteiger partial charge >= 0.3 is 0 Å². The normalized spacial score (nSPS) is 14.6. The molecular weight excluding hydrogens is 271 g/mol. The second-order valence-electron chi connectivity index (χ2n) is 4.71. The number of anilines is 1. The molecule has 2 rings (SSSR count). The van der Waals surface area contributed by atoms with Crippen LogP contribution in [0.25, 0.3) is 0 Å². The number of carbonyl (C=O) groups is 1. The Morgan fingerprint density at radius 1 is 1.39 bits per heavy atom. The molecule has 1 aromatic rings. The Morgan fingerprint density at radius 2 is 2.11 bits per heavy atom. The van der Waals surface area contributed by atoms with E-state index in [9.17, 15) is 4.79 Å². The van der Waals surface area contributed by atoms with Gasteiger partial charge in [0.2, 0.25) is 0 Å². The standard InChI is InChI=1S/C13H16Cl2N2O/c14-11-7-9(16)6-10(12(11)15)13(18)17-5-1-2-8-3-4-8/h6-8H,1-5,16H2,(H,17,18). The predicted octanol–water partition coefficient (Wildman–Crippen LogP) is 3.50. The van der Waals surface area contributed by atoms with E-state index in [1.807, 2.05) is 0 Å². The van der Waals surface area contributed by atoms with Crippen LogP contribution < -0.4 is 11.1 Å². The molecule has 5 heteroatoms. The van der Waals surface area contributed by atoms with Crippen LogP contribution in [0.2, 0.25) is 10.0 Å². The number of hydrogen-bond donors (Lipinski definition) is 2. The highest BCUT2D eigenvalue weighted by atomic mass is 35.5. The number of amides is 1. The minimum Gasteiger partial charge on any atom is -0.399 e. The van der Waals surface area contributed by atoms with Crippen LogP contribution in [0.4, 0.5) is 5.69 Å². The Hall–Kier alpha value is -0.930. The maximum atomic E-state index is 11.9. The third-order valence-electron chi connectivity index (χ3n) is 3.07. The molecular formula is C13H16Cl2N2O. The fraction of sp³-hybridized carbons (Fsp3) is 0.462. The number of benzene rings is 1. The van der Waals surface area contributed by atoms with Crippen LogP contribution in [-0.4, -0.2) is 12.5 Å². The summed E-state index contributed by atoms with van der Waals surface area (Å²) in [5.74, 6) is 0.664. The van der Waals surface area contributed by atoms with Crippen molar-refractivity contribution in [1.82, 2.24) is 5.32 Å². The van der Waals surface area contributed by atoms with Crippen molar-refractivity contribution in [1.29, 1.82) is 0 Å². The topological polar surface area (TPSA) is 55.1 Å². The first-order valence-corrected chi connectivity index (χ1v) is 6.86. The van der Waals surface area contributed by atoms with Gasteiger partial charge in [-0.2, -0.15) is 0 Å². The van der Waals surface area contributed by atoms with Gasteiger partial charge in [0.25, 0.3) is 5.91 Å². The Balaban J connectivity index is 1.90. The Labute approximate surface area is 117 Å². The van der Waals surface area contributed by atoms with E-state index >= 15 is 0 Å². The third-order valence-corrected chi connectivity index (χ3v) is 3.87. The molecule has 0 bridgehead atoms. The monoisotopic (exact) mass is 286 g/mol. The van der Waals surface area contributed by atoms with Crippen LogP contribution in [0.1, 0.15) is 36.0 Å². The molecule has 1 aliphatic carbocycles. The van der Waals surface area contributed by atoms with Crippen LogP contribution in [0.3, 0.4) is 0 Å². The SMILES string of the molecule is Nc1cc(Cl)c(Cl)c(C(=O)NCCCC2CC2)c1. The quantitative estimate of drug-likeness (QED) is 0.643. The fourth-order valence-electron chi connectivity index (χ4n) is 1.87. The zero-order chi connectivity index (χ0) is 13.1. The molecule has 0 unspecified atom stereocenters. The molecule has 98 valence electrons. The van der Waals surface area contributed by atoms with E-state index in [1.165, 1.54) is 25.3 Å². The van der Waals surface area contributed by atoms with E-state index in [0.717, 1.165) is 12.3 Å². The predicted molar refractivity (Wildman–Crippen MR) is 75.2 cm³/mol. The second kappa shape index (κ2) is 5.81. The van der Waals surface area contributed by atoms with Gasteiger partial charge < -0.3 is 11.1 Å². The molecule has 0 saturated heterocycles. The molecule has 0 spiro atoms. The highest BCUT2D eigenvalue weighted by Crippen LogP contribution is 2.33. The van der Waals surface area contributed by atoms with Crippen molar-refractivity contribution in [3.63, 3.8) is 0 Å². The van der Waals surface area contributed by atoms with E-state index in [-0.39, 0.29) is 10.9 Å². The largest absolute Gasteiger partial charge is 0.399 e. The zero-order valence-corrected chi connectivity index (χ0v) is 11.5. The van der Waals surface area contributed by atoms with Crippen molar-refractivity contribution < 1.29 is 4.79 Å². The number of halogens is 2. The van der Waals surface area contributed by atoms with E-state index in [4.69, 9.17) is 28.9 Å². The van der Waals surface area contributed by atoms with E-state index in [0.29, 0.717) is 22.8 Å². The van der Waals surface area contributed by atoms with Crippen LogP contribution in [0, 0.1) is 5.92 Å². The fourth-order valence-corrected chi connectivity index (χ4v) is 2.29. The Morgan fingerprint density at radius 3 is 2.78 bits per heavy atom. The molecule has 1 amide bonds. The average molecular weight is 287 g/mol. The summed E-state index contributed by atoms with van der Waals surface area (Å²) in [7, 11) is 0. The first kappa shape index (κ1) is 13.5. The summed E-state index contributed by atoms with van der Waals surface area (Å²) >= 11 is 11.9. The van der Waals surface area contributed by atoms with Crippen molar-refractivity contribution in [3.05, 3.63) is 27.7 Å². The number of carbonyl (C=O) groups excluding carboxylic acids is 1. The summed E-state index contributed by atoms with van der Waals surface area (Å²) in [6.45, 7) is 0.665. The van der Waals surface area contributed by atoms with Gasteiger partial charge in [-0.15, -0.1) is 0 Å². The van der Waals surface area contributed by atoms with Crippen molar-refractivity contribution in [3.8, 4) is 0 Å². The molecule has 0 heterocycles. The van der Waals surface area contributed by atoms with Crippen molar-refractivity contribution in [2.45, 2.75) is 25.7 Å². The summed E-state index contributed by atoms with van der Waals surface area (Å²) in [4.78, 5) is 11.9. The summed E-state index contributed by atoms with van der Waals surface area (Å²) in [6.07, 6.45) is 4.87. The number of nitrogens with two attached hydrogens (primary N) is 1. The van der Waals surface area contributed by atoms with Crippen molar-refractivity contribution in [2.24, 2.45) is 5.92 Å². The van der Waals surface area contributed by atoms with Crippen LogP contribution >= 0.6 is 23.2 Å². The van der Waals surface area contributed by atoms with Gasteiger partial charge in [0.1, 0.15) is 0 Å². The molecule has 1 aromatic carbocycles. The Kier molecular flexibility index (Phi) is 4.36. The zero-order valence-electron chi connectivity index (χ0n) is 10.0. The lowest BCUT2D eigenvalue weighted by Crippen LogP contribution is -2.25. The lowest BCUT2D eigenvalue weighted by molar-refractivity contribution is 0.0953. The van der Waals surface area contributed by atoms with Crippen molar-refractivity contribution >= 4 is 34.8 Å². The second-order valence-corrected chi connectivity index (χ2v) is 5.49. The van der Waals surface area contributed by atoms with E-state index in [1.54, 1.807) is 6.07 Å². The Bertz CT molecular complexity index is 459. The van der Waals surface area contributed by atoms with Crippen LogP contribution in [0.5, 0.6) is 0 Å². The van der Waals surface area contributed by atoms with E-state index in [2.05, 4.69) is 5.32 Å². The van der Waals surface area contributed by atoms with E-state index < -0.39 is 0 Å². The number of nitrogens with one attached hydrogen (secondary N) is 1. The number of nitrogen functional groups attached to an aromatic ring is 1. The van der Waals surface area contributed by atoms with Gasteiger partial charge in [-0.3, -0.25) is 4.79 Å². The summed E-state index contributed by atoms with van der Waals surface area (Å²) in [5.41, 5.74) is 6.42. The molecule has 0 radical (unpaired) electrons. The minimum absolute atomic E-state index is 0.218. The van der Waals surface area contributed by atoms with Gasteiger partial charge in [-0.05, 0) is 30.9 Å². The minimum atomic E-state index is -0.218. The highest BCUT2D eigenvalue weighted by molar-refractivity contribution is 6.44. The van der Waals surface area contributed by atoms with Crippen LogP contribution in [-0.2, 0) is 0 Å². The van der Waals surface area contributed by atoms with Crippen LogP contribution in [0.15, 0.2) is 12.1 Å². The summed E-state index contributed by atoms with van der Waals surface area (Å²) in [5, 5.41) is 3.40. The summed E-state index contributed by atoms with van der Waals surface area (Å²) < 4.78 is 0. The van der Waals surface area contributed by atoms with Gasteiger partial charge in [0.15, 0.2) is 0 Å². The summed E-state index contributed by atoms with van der Waals surface area (Å²) in [6, 6.07) is 3.08. The molecule has 1 fully saturated rings. The first-order chi connectivity index (χ1) is 8.58. The third kappa shape index (κ3) is 3.53. The maximum Gasteiger partial charge on any atom is 0.252 e. The lowest BCUT2D eigenvalue weighted by atomic mass is 10.1. The average Bonchev–Trinajstić information content (AvgIpc) is 3.13. The highest BCUT2D eigenvalue weighted by Gasteiger charge is 2.20. The smallest absolute Gasteiger partial charge is 0.252 e. The van der Waals surface area contributed by atoms with Gasteiger partial charge in [0.05, 0.1) is 15.6 Å². The molecule has 0 atom stereocenters. The number of hydrogen-bond acceptors (Lipinski definition) is 2. The molecule has 3 nitrogen and oxygen atoms in total. The van der Waals surface area contributed by atoms with Gasteiger partial charge in [0, 0.05) is 12.2 Å². The maximum absolute atomic E-state index is 11.9. The molecule has 3 N–H and O–H groups in total. The van der Waals surface area contributed by atoms with Crippen molar-refractivity contribution in [2.75, 3.05) is 12.3 Å². The molecule has 1 saturated carbocycles. The van der Waals surface area contributed by atoms with Gasteiger partial charge in [-0.1, -0.05) is 36.0 Å². The molecule has 0 aliphatic heterocycles. The molecule has 18 heavy (non-hydrogen) atoms. The molecule has 1 aliphatic rings. The first-order valence-electron chi connectivity index (χ1n) is 6.10.